The molecule has 0 radical (unpaired) electrons. The third kappa shape index (κ3) is 5.87. The molecule has 206 valence electrons. The number of hydrogen-bond acceptors (Lipinski definition) is 3. The number of halogens is 8. The highest BCUT2D eigenvalue weighted by Crippen LogP contribution is 2.45. The van der Waals surface area contributed by atoms with Gasteiger partial charge in [-0.2, -0.15) is 26.3 Å². The zero-order valence-corrected chi connectivity index (χ0v) is 21.9. The summed E-state index contributed by atoms with van der Waals surface area (Å²) in [5.74, 6) is -0.331. The van der Waals surface area contributed by atoms with Crippen LogP contribution in [0.1, 0.15) is 47.2 Å². The number of piperazine rings is 1. The molecule has 1 unspecified atom stereocenters. The molecule has 37 heavy (non-hydrogen) atoms. The van der Waals surface area contributed by atoms with Crippen LogP contribution in [0.5, 0.6) is 0 Å². The third-order valence-corrected chi connectivity index (χ3v) is 7.22. The lowest BCUT2D eigenvalue weighted by atomic mass is 9.86. The quantitative estimate of drug-likeness (QED) is 0.469. The van der Waals surface area contributed by atoms with Crippen molar-refractivity contribution >= 4 is 30.7 Å². The minimum absolute atomic E-state index is 0. The molecule has 2 aromatic carbocycles. The molecule has 2 aromatic rings. The van der Waals surface area contributed by atoms with Gasteiger partial charge in [-0.25, -0.2) is 0 Å². The monoisotopic (exact) mass is 571 g/mol. The average Bonchev–Trinajstić information content (AvgIpc) is 3.22. The minimum atomic E-state index is -4.95. The number of alkyl halides is 6. The first-order chi connectivity index (χ1) is 16.4. The van der Waals surface area contributed by atoms with Gasteiger partial charge in [-0.05, 0) is 54.7 Å². The normalized spacial score (nSPS) is 20.9. The van der Waals surface area contributed by atoms with Gasteiger partial charge in [0.1, 0.15) is 5.54 Å². The molecule has 12 heteroatoms. The molecule has 2 aliphatic rings. The average molecular weight is 572 g/mol. The first-order valence-corrected chi connectivity index (χ1v) is 11.5. The Balaban J connectivity index is 0.00000241. The number of likely N-dealkylation sites (N-methyl/N-ethyl adjacent to an activating group) is 1. The molecule has 1 aliphatic carbocycles. The van der Waals surface area contributed by atoms with Gasteiger partial charge in [0.15, 0.2) is 0 Å². The van der Waals surface area contributed by atoms with Gasteiger partial charge >= 0.3 is 12.4 Å². The Morgan fingerprint density at radius 2 is 1.51 bits per heavy atom. The zero-order valence-electron chi connectivity index (χ0n) is 20.2. The van der Waals surface area contributed by atoms with Gasteiger partial charge in [0.05, 0.1) is 17.2 Å². The Morgan fingerprint density at radius 3 is 2.05 bits per heavy atom. The summed E-state index contributed by atoms with van der Waals surface area (Å²) in [6.07, 6.45) is -8.75. The number of aryl methyl sites for hydroxylation is 1. The summed E-state index contributed by atoms with van der Waals surface area (Å²) in [7, 11) is 1.45. The summed E-state index contributed by atoms with van der Waals surface area (Å²) < 4.78 is 80.5. The van der Waals surface area contributed by atoms with Gasteiger partial charge in [0.2, 0.25) is 5.91 Å². The van der Waals surface area contributed by atoms with E-state index in [-0.39, 0.29) is 42.4 Å². The molecule has 1 fully saturated rings. The van der Waals surface area contributed by atoms with Crippen LogP contribution in [0.3, 0.4) is 0 Å². The number of hydrogen-bond donors (Lipinski definition) is 1. The lowest BCUT2D eigenvalue weighted by Gasteiger charge is -2.45. The van der Waals surface area contributed by atoms with E-state index >= 15 is 0 Å². The molecular weight excluding hydrogens is 543 g/mol. The first-order valence-electron chi connectivity index (χ1n) is 11.5. The molecule has 0 spiro atoms. The highest BCUT2D eigenvalue weighted by atomic mass is 35.5. The number of carbonyl (C=O) groups excluding carboxylic acids is 1. The molecule has 2 atom stereocenters. The van der Waals surface area contributed by atoms with Crippen molar-refractivity contribution in [2.24, 2.45) is 0 Å². The molecule has 1 saturated heterocycles. The molecule has 0 saturated carbocycles. The van der Waals surface area contributed by atoms with E-state index in [2.05, 4.69) is 10.2 Å². The fourth-order valence-corrected chi connectivity index (χ4v) is 5.24. The van der Waals surface area contributed by atoms with Crippen molar-refractivity contribution in [1.82, 2.24) is 15.1 Å². The van der Waals surface area contributed by atoms with Crippen LogP contribution >= 0.6 is 24.8 Å². The number of nitrogens with zero attached hydrogens (tertiary/aromatic N) is 2. The van der Waals surface area contributed by atoms with E-state index in [1.807, 2.05) is 24.3 Å². The van der Waals surface area contributed by atoms with E-state index in [1.54, 1.807) is 0 Å². The van der Waals surface area contributed by atoms with E-state index in [0.717, 1.165) is 11.1 Å². The minimum Gasteiger partial charge on any atom is -0.337 e. The lowest BCUT2D eigenvalue weighted by molar-refractivity contribution is -0.147. The molecular formula is C25H29Cl2F6N3O. The number of fused-ring (bicyclic) bond motifs is 1. The van der Waals surface area contributed by atoms with Crippen molar-refractivity contribution in [3.8, 4) is 0 Å². The highest BCUT2D eigenvalue weighted by Gasteiger charge is 2.51. The Kier molecular flexibility index (Phi) is 9.61. The Labute approximate surface area is 224 Å². The maximum Gasteiger partial charge on any atom is 0.416 e. The summed E-state index contributed by atoms with van der Waals surface area (Å²) in [5, 5.41) is 3.26. The number of nitrogens with one attached hydrogen (secondary N) is 1. The van der Waals surface area contributed by atoms with Crippen molar-refractivity contribution in [2.75, 3.05) is 33.2 Å². The van der Waals surface area contributed by atoms with Gasteiger partial charge in [-0.3, -0.25) is 9.69 Å². The maximum atomic E-state index is 14.1. The second-order valence-electron chi connectivity index (χ2n) is 9.19. The number of rotatable bonds is 4. The third-order valence-electron chi connectivity index (χ3n) is 7.22. The summed E-state index contributed by atoms with van der Waals surface area (Å²) in [6, 6.07) is 8.08. The van der Waals surface area contributed by atoms with Crippen LogP contribution in [0.25, 0.3) is 0 Å². The van der Waals surface area contributed by atoms with Gasteiger partial charge < -0.3 is 10.2 Å². The van der Waals surface area contributed by atoms with Crippen molar-refractivity contribution in [1.29, 1.82) is 0 Å². The lowest BCUT2D eigenvalue weighted by Crippen LogP contribution is -2.60. The van der Waals surface area contributed by atoms with Crippen molar-refractivity contribution in [2.45, 2.75) is 43.7 Å². The van der Waals surface area contributed by atoms with Crippen LogP contribution in [0.2, 0.25) is 0 Å². The predicted molar refractivity (Wildman–Crippen MR) is 133 cm³/mol. The topological polar surface area (TPSA) is 35.6 Å². The van der Waals surface area contributed by atoms with Gasteiger partial charge in [0.25, 0.3) is 0 Å². The molecule has 1 amide bonds. The molecule has 1 heterocycles. The zero-order chi connectivity index (χ0) is 25.6. The predicted octanol–water partition coefficient (Wildman–Crippen LogP) is 5.83. The summed E-state index contributed by atoms with van der Waals surface area (Å²) in [5.41, 5.74) is -2.14. The van der Waals surface area contributed by atoms with E-state index in [9.17, 15) is 31.1 Å². The van der Waals surface area contributed by atoms with Crippen molar-refractivity contribution in [3.05, 3.63) is 70.3 Å². The Bertz CT molecular complexity index is 1070. The molecule has 0 aromatic heterocycles. The van der Waals surface area contributed by atoms with Crippen LogP contribution in [-0.2, 0) is 29.1 Å². The van der Waals surface area contributed by atoms with E-state index in [4.69, 9.17) is 0 Å². The number of amides is 1. The first kappa shape index (κ1) is 31.2. The SMILES string of the molecule is C[C@H](c1cc(C(F)(F)F)cc(C(F)(F)F)c1)N(C)C(=O)C1(N2CCNCC2)CCc2ccccc21.Cl.Cl. The Hall–Kier alpha value is -2.01. The van der Waals surface area contributed by atoms with Gasteiger partial charge in [-0.1, -0.05) is 24.3 Å². The number of carbonyl (C=O) groups is 1. The Morgan fingerprint density at radius 1 is 0.973 bits per heavy atom. The fourth-order valence-electron chi connectivity index (χ4n) is 5.24. The maximum absolute atomic E-state index is 14.1. The van der Waals surface area contributed by atoms with Crippen LogP contribution in [0.15, 0.2) is 42.5 Å². The standard InChI is InChI=1S/C25H27F6N3O.2ClH/c1-16(18-13-19(24(26,27)28)15-20(14-18)25(29,30)31)33(2)22(35)23(34-11-9-32-10-12-34)8-7-17-5-3-4-6-21(17)23;;/h3-6,13-16,32H,7-12H2,1-2H3;2*1H/t16-,23?;;/m1../s1. The molecule has 1 aliphatic heterocycles. The second-order valence-corrected chi connectivity index (χ2v) is 9.19. The van der Waals surface area contributed by atoms with E-state index in [0.29, 0.717) is 51.2 Å². The van der Waals surface area contributed by atoms with Gasteiger partial charge in [-0.15, -0.1) is 24.8 Å². The molecule has 1 N–H and O–H groups in total. The largest absolute Gasteiger partial charge is 0.416 e. The van der Waals surface area contributed by atoms with Crippen molar-refractivity contribution < 1.29 is 31.1 Å². The van der Waals surface area contributed by atoms with Crippen LogP contribution in [0, 0.1) is 0 Å². The van der Waals surface area contributed by atoms with Crippen LogP contribution in [0.4, 0.5) is 26.3 Å². The smallest absolute Gasteiger partial charge is 0.337 e. The fraction of sp³-hybridized carbons (Fsp3) is 0.480. The van der Waals surface area contributed by atoms with Crippen LogP contribution in [-0.4, -0.2) is 48.9 Å². The summed E-state index contributed by atoms with van der Waals surface area (Å²) in [4.78, 5) is 17.5. The number of benzene rings is 2. The van der Waals surface area contributed by atoms with E-state index < -0.39 is 35.1 Å². The highest BCUT2D eigenvalue weighted by molar-refractivity contribution is 5.89. The van der Waals surface area contributed by atoms with Gasteiger partial charge in [0, 0.05) is 33.2 Å². The van der Waals surface area contributed by atoms with Crippen LogP contribution < -0.4 is 5.32 Å². The molecule has 4 rings (SSSR count). The molecule has 4 nitrogen and oxygen atoms in total. The molecule has 0 bridgehead atoms. The van der Waals surface area contributed by atoms with Crippen molar-refractivity contribution in [3.63, 3.8) is 0 Å². The van der Waals surface area contributed by atoms with E-state index in [1.165, 1.54) is 18.9 Å². The summed E-state index contributed by atoms with van der Waals surface area (Å²) >= 11 is 0. The second kappa shape index (κ2) is 11.4. The summed E-state index contributed by atoms with van der Waals surface area (Å²) in [6.45, 7) is 4.02.